The van der Waals surface area contributed by atoms with Gasteiger partial charge in [0.25, 0.3) is 0 Å². The fourth-order valence-electron chi connectivity index (χ4n) is 4.40. The summed E-state index contributed by atoms with van der Waals surface area (Å²) in [6.07, 6.45) is 8.00. The maximum absolute atomic E-state index is 12.1. The summed E-state index contributed by atoms with van der Waals surface area (Å²) in [5.41, 5.74) is 0.168. The maximum Gasteiger partial charge on any atom is 0.409 e. The van der Waals surface area contributed by atoms with Crippen molar-refractivity contribution in [3.8, 4) is 0 Å². The number of carbonyl (C=O) groups is 2. The lowest BCUT2D eigenvalue weighted by Crippen LogP contribution is -2.52. The van der Waals surface area contributed by atoms with Crippen LogP contribution in [0.5, 0.6) is 0 Å². The van der Waals surface area contributed by atoms with Gasteiger partial charge in [-0.05, 0) is 43.9 Å². The molecule has 0 aromatic carbocycles. The first-order valence-electron chi connectivity index (χ1n) is 11.9. The molecule has 1 aliphatic heterocycles. The van der Waals surface area contributed by atoms with Gasteiger partial charge in [0.15, 0.2) is 5.96 Å². The normalized spacial score (nSPS) is 18.5. The number of halogens is 1. The summed E-state index contributed by atoms with van der Waals surface area (Å²) in [6, 6.07) is 0.212. The summed E-state index contributed by atoms with van der Waals surface area (Å²) in [5, 5.41) is 7.02. The molecule has 0 aromatic heterocycles. The van der Waals surface area contributed by atoms with Gasteiger partial charge in [0, 0.05) is 39.8 Å². The number of carbonyl (C=O) groups excluding carboxylic acids is 2. The summed E-state index contributed by atoms with van der Waals surface area (Å²) in [5.74, 6) is 1.38. The van der Waals surface area contributed by atoms with Crippen LogP contribution >= 0.6 is 24.0 Å². The van der Waals surface area contributed by atoms with Gasteiger partial charge in [0.1, 0.15) is 6.54 Å². The van der Waals surface area contributed by atoms with E-state index in [0.29, 0.717) is 31.6 Å². The summed E-state index contributed by atoms with van der Waals surface area (Å²) < 4.78 is 5.11. The van der Waals surface area contributed by atoms with E-state index < -0.39 is 0 Å². The molecule has 0 unspecified atom stereocenters. The molecule has 186 valence electrons. The van der Waals surface area contributed by atoms with Crippen LogP contribution in [-0.2, 0) is 9.53 Å². The number of piperidine rings is 1. The molecule has 0 spiro atoms. The van der Waals surface area contributed by atoms with Crippen molar-refractivity contribution in [3.05, 3.63) is 0 Å². The van der Waals surface area contributed by atoms with Crippen LogP contribution in [0.1, 0.15) is 65.7 Å². The van der Waals surface area contributed by atoms with E-state index in [2.05, 4.69) is 29.5 Å². The molecule has 0 bridgehead atoms. The number of amides is 2. The molecule has 32 heavy (non-hydrogen) atoms. The third-order valence-corrected chi connectivity index (χ3v) is 6.65. The van der Waals surface area contributed by atoms with Crippen LogP contribution in [0.3, 0.4) is 0 Å². The van der Waals surface area contributed by atoms with E-state index >= 15 is 0 Å². The van der Waals surface area contributed by atoms with Crippen molar-refractivity contribution in [1.29, 1.82) is 0 Å². The molecule has 2 N–H and O–H groups in total. The Balaban J connectivity index is 0.00000512. The molecule has 2 fully saturated rings. The van der Waals surface area contributed by atoms with Crippen molar-refractivity contribution in [2.75, 3.05) is 46.9 Å². The number of nitrogens with zero attached hydrogens (tertiary/aromatic N) is 3. The molecule has 1 aliphatic carbocycles. The molecule has 1 saturated heterocycles. The van der Waals surface area contributed by atoms with Crippen molar-refractivity contribution in [2.45, 2.75) is 71.8 Å². The van der Waals surface area contributed by atoms with Crippen molar-refractivity contribution < 1.29 is 14.3 Å². The fraction of sp³-hybridized carbons (Fsp3) is 0.870. The minimum atomic E-state index is -0.237. The maximum atomic E-state index is 12.1. The third-order valence-electron chi connectivity index (χ3n) is 6.65. The van der Waals surface area contributed by atoms with Crippen LogP contribution in [0.2, 0.25) is 0 Å². The number of ether oxygens (including phenoxy) is 1. The Morgan fingerprint density at radius 1 is 1.09 bits per heavy atom. The summed E-state index contributed by atoms with van der Waals surface area (Å²) in [4.78, 5) is 31.9. The zero-order valence-electron chi connectivity index (χ0n) is 20.6. The number of hydrogen-bond donors (Lipinski definition) is 2. The molecule has 2 amide bonds. The van der Waals surface area contributed by atoms with E-state index in [9.17, 15) is 9.59 Å². The quantitative estimate of drug-likeness (QED) is 0.281. The molecular formula is C23H44IN5O3. The predicted molar refractivity (Wildman–Crippen MR) is 140 cm³/mol. The van der Waals surface area contributed by atoms with Crippen LogP contribution < -0.4 is 10.6 Å². The zero-order chi connectivity index (χ0) is 22.9. The highest BCUT2D eigenvalue weighted by Crippen LogP contribution is 2.37. The van der Waals surface area contributed by atoms with Gasteiger partial charge >= 0.3 is 6.09 Å². The summed E-state index contributed by atoms with van der Waals surface area (Å²) in [6.45, 7) is 9.14. The van der Waals surface area contributed by atoms with Gasteiger partial charge in [-0.3, -0.25) is 4.79 Å². The van der Waals surface area contributed by atoms with Crippen LogP contribution in [0.15, 0.2) is 4.99 Å². The Labute approximate surface area is 211 Å². The van der Waals surface area contributed by atoms with Gasteiger partial charge in [0.2, 0.25) is 5.91 Å². The topological polar surface area (TPSA) is 86.3 Å². The molecule has 0 aromatic rings. The van der Waals surface area contributed by atoms with Crippen molar-refractivity contribution >= 4 is 41.9 Å². The highest BCUT2D eigenvalue weighted by molar-refractivity contribution is 14.0. The zero-order valence-corrected chi connectivity index (χ0v) is 22.9. The van der Waals surface area contributed by atoms with Gasteiger partial charge in [-0.15, -0.1) is 24.0 Å². The van der Waals surface area contributed by atoms with Crippen LogP contribution in [0.4, 0.5) is 4.79 Å². The van der Waals surface area contributed by atoms with Gasteiger partial charge < -0.3 is 25.2 Å². The lowest BCUT2D eigenvalue weighted by atomic mass is 9.71. The molecule has 0 radical (unpaired) electrons. The lowest BCUT2D eigenvalue weighted by Gasteiger charge is -2.38. The first-order valence-corrected chi connectivity index (χ1v) is 11.9. The highest BCUT2D eigenvalue weighted by Gasteiger charge is 2.31. The fourth-order valence-corrected chi connectivity index (χ4v) is 4.40. The van der Waals surface area contributed by atoms with Gasteiger partial charge in [-0.2, -0.15) is 0 Å². The summed E-state index contributed by atoms with van der Waals surface area (Å²) >= 11 is 0. The Kier molecular flexibility index (Phi) is 12.7. The van der Waals surface area contributed by atoms with E-state index in [4.69, 9.17) is 4.74 Å². The van der Waals surface area contributed by atoms with Crippen molar-refractivity contribution in [1.82, 2.24) is 20.4 Å². The second-order valence-electron chi connectivity index (χ2n) is 9.73. The summed E-state index contributed by atoms with van der Waals surface area (Å²) in [7, 11) is 3.49. The lowest BCUT2D eigenvalue weighted by molar-refractivity contribution is -0.127. The van der Waals surface area contributed by atoms with Crippen LogP contribution in [0, 0.1) is 11.3 Å². The largest absolute Gasteiger partial charge is 0.450 e. The SMILES string of the molecule is CCOC(=O)N1CCC(NC(=NCC(=O)N(C)C)NCC(C)(C)C2CCCCC2)CC1.I. The molecule has 2 aliphatic rings. The number of nitrogens with one attached hydrogen (secondary N) is 2. The van der Waals surface area contributed by atoms with Crippen LogP contribution in [-0.4, -0.2) is 80.7 Å². The number of likely N-dealkylation sites (N-methyl/N-ethyl adjacent to an activating group) is 1. The van der Waals surface area contributed by atoms with E-state index in [1.807, 2.05) is 6.92 Å². The van der Waals surface area contributed by atoms with Gasteiger partial charge in [0.05, 0.1) is 6.61 Å². The first kappa shape index (κ1) is 28.8. The highest BCUT2D eigenvalue weighted by atomic mass is 127. The minimum Gasteiger partial charge on any atom is -0.450 e. The molecular weight excluding hydrogens is 521 g/mol. The number of aliphatic imine (C=N–C) groups is 1. The standard InChI is InChI=1S/C23H43N5O3.HI/c1-6-31-22(30)28-14-12-19(13-15-28)26-21(24-16-20(29)27(4)5)25-17-23(2,3)18-10-8-7-9-11-18;/h18-19H,6-17H2,1-5H3,(H2,24,25,26);1H. The van der Waals surface area contributed by atoms with Crippen molar-refractivity contribution in [2.24, 2.45) is 16.3 Å². The van der Waals surface area contributed by atoms with Crippen LogP contribution in [0.25, 0.3) is 0 Å². The van der Waals surface area contributed by atoms with Gasteiger partial charge in [-0.1, -0.05) is 33.1 Å². The first-order chi connectivity index (χ1) is 14.7. The molecule has 2 rings (SSSR count). The minimum absolute atomic E-state index is 0. The van der Waals surface area contributed by atoms with E-state index in [-0.39, 0.29) is 54.0 Å². The molecule has 1 heterocycles. The monoisotopic (exact) mass is 565 g/mol. The average Bonchev–Trinajstić information content (AvgIpc) is 2.76. The Hall–Kier alpha value is -1.26. The van der Waals surface area contributed by atoms with E-state index in [1.54, 1.807) is 23.9 Å². The Morgan fingerprint density at radius 2 is 1.72 bits per heavy atom. The number of likely N-dealkylation sites (tertiary alicyclic amines) is 1. The predicted octanol–water partition coefficient (Wildman–Crippen LogP) is 3.46. The molecule has 9 heteroatoms. The van der Waals surface area contributed by atoms with E-state index in [1.165, 1.54) is 32.1 Å². The Bertz CT molecular complexity index is 613. The number of rotatable bonds is 7. The smallest absolute Gasteiger partial charge is 0.409 e. The number of guanidine groups is 1. The Morgan fingerprint density at radius 3 is 2.28 bits per heavy atom. The van der Waals surface area contributed by atoms with Gasteiger partial charge in [-0.25, -0.2) is 9.79 Å². The third kappa shape index (κ3) is 9.31. The molecule has 1 saturated carbocycles. The molecule has 8 nitrogen and oxygen atoms in total. The van der Waals surface area contributed by atoms with E-state index in [0.717, 1.165) is 19.4 Å². The van der Waals surface area contributed by atoms with Crippen molar-refractivity contribution in [3.63, 3.8) is 0 Å². The second kappa shape index (κ2) is 14.1. The number of hydrogen-bond acceptors (Lipinski definition) is 4. The molecule has 0 atom stereocenters. The second-order valence-corrected chi connectivity index (χ2v) is 9.73. The average molecular weight is 566 g/mol.